The first-order chi connectivity index (χ1) is 32.1. The first-order valence-electron chi connectivity index (χ1n) is 22.3. The maximum absolute atomic E-state index is 12.4. The Bertz CT molecular complexity index is 2260. The molecule has 3 aliphatic heterocycles. The lowest BCUT2D eigenvalue weighted by molar-refractivity contribution is -0.398. The maximum atomic E-state index is 12.4. The van der Waals surface area contributed by atoms with Crippen LogP contribution in [0, 0.1) is 0 Å². The van der Waals surface area contributed by atoms with Gasteiger partial charge in [0.25, 0.3) is 0 Å². The molecule has 0 bridgehead atoms. The second kappa shape index (κ2) is 22.9. The molecule has 1 N–H and O–H groups in total. The highest BCUT2D eigenvalue weighted by Crippen LogP contribution is 2.39. The Morgan fingerprint density at radius 2 is 0.877 bits per heavy atom. The van der Waals surface area contributed by atoms with E-state index in [9.17, 15) is 5.11 Å². The predicted molar refractivity (Wildman–Crippen MR) is 241 cm³/mol. The fourth-order valence-corrected chi connectivity index (χ4v) is 8.40. The standard InChI is InChI=1S/C54H56O11/c55-46-49(48-45(37-61-52(64-48)43-29-17-6-18-30-43)62-53(46)60-35-42-27-15-5-16-28-42)65-54-51(59-34-41-25-13-4-14-26-41)50(58-33-40-23-11-3-12-24-40)47(57-32-39-21-9-2-10-22-39)44(63-54)36-56-31-38-19-7-1-8-20-38/h1-30,44-55H,31-37H2/t44-,45-,46-,47+,48+,49-,50+,51-,52?,53?,54-/m1/s1. The smallest absolute Gasteiger partial charge is 0.187 e. The van der Waals surface area contributed by atoms with Gasteiger partial charge in [0.05, 0.1) is 46.2 Å². The number of rotatable bonds is 19. The highest BCUT2D eigenvalue weighted by Gasteiger charge is 2.55. The van der Waals surface area contributed by atoms with Crippen LogP contribution in [0.3, 0.4) is 0 Å². The average Bonchev–Trinajstić information content (AvgIpc) is 3.37. The zero-order valence-electron chi connectivity index (χ0n) is 36.2. The molecule has 11 nitrogen and oxygen atoms in total. The van der Waals surface area contributed by atoms with E-state index in [-0.39, 0.29) is 39.6 Å². The van der Waals surface area contributed by atoms with Crippen LogP contribution in [0.1, 0.15) is 39.7 Å². The molecule has 0 aliphatic carbocycles. The summed E-state index contributed by atoms with van der Waals surface area (Å²) in [6.45, 7) is 1.59. The Balaban J connectivity index is 1.07. The Kier molecular flexibility index (Phi) is 15.8. The highest BCUT2D eigenvalue weighted by atomic mass is 16.8. The zero-order chi connectivity index (χ0) is 44.0. The van der Waals surface area contributed by atoms with Crippen molar-refractivity contribution in [1.82, 2.24) is 0 Å². The summed E-state index contributed by atoms with van der Waals surface area (Å²) >= 11 is 0. The number of hydrogen-bond donors (Lipinski definition) is 1. The number of fused-ring (bicyclic) bond motifs is 1. The van der Waals surface area contributed by atoms with Crippen LogP contribution >= 0.6 is 0 Å². The van der Waals surface area contributed by atoms with Gasteiger partial charge in [-0.2, -0.15) is 0 Å². The minimum atomic E-state index is -1.32. The van der Waals surface area contributed by atoms with Gasteiger partial charge in [-0.3, -0.25) is 0 Å². The summed E-state index contributed by atoms with van der Waals surface area (Å²) in [4.78, 5) is 0. The molecule has 3 aliphatic rings. The fourth-order valence-electron chi connectivity index (χ4n) is 8.40. The van der Waals surface area contributed by atoms with Gasteiger partial charge >= 0.3 is 0 Å². The van der Waals surface area contributed by atoms with Crippen LogP contribution in [0.15, 0.2) is 182 Å². The number of ether oxygens (including phenoxy) is 10. The van der Waals surface area contributed by atoms with E-state index in [0.29, 0.717) is 6.61 Å². The molecule has 11 atom stereocenters. The maximum Gasteiger partial charge on any atom is 0.187 e. The van der Waals surface area contributed by atoms with Crippen molar-refractivity contribution >= 4 is 0 Å². The Morgan fingerprint density at radius 1 is 0.431 bits per heavy atom. The predicted octanol–water partition coefficient (Wildman–Crippen LogP) is 8.49. The van der Waals surface area contributed by atoms with Crippen LogP contribution in [0.4, 0.5) is 0 Å². The Hall–Kier alpha value is -5.12. The van der Waals surface area contributed by atoms with Crippen molar-refractivity contribution in [2.75, 3.05) is 13.2 Å². The van der Waals surface area contributed by atoms with Crippen LogP contribution in [-0.4, -0.2) is 79.7 Å². The zero-order valence-corrected chi connectivity index (χ0v) is 36.2. The van der Waals surface area contributed by atoms with Gasteiger partial charge in [-0.1, -0.05) is 182 Å². The van der Waals surface area contributed by atoms with Gasteiger partial charge in [-0.25, -0.2) is 0 Å². The van der Waals surface area contributed by atoms with E-state index in [2.05, 4.69) is 0 Å². The van der Waals surface area contributed by atoms with E-state index in [4.69, 9.17) is 47.4 Å². The van der Waals surface area contributed by atoms with Gasteiger partial charge in [0, 0.05) is 5.56 Å². The molecule has 3 saturated heterocycles. The summed E-state index contributed by atoms with van der Waals surface area (Å²) in [7, 11) is 0. The van der Waals surface area contributed by atoms with Crippen LogP contribution in [0.5, 0.6) is 0 Å². The quantitative estimate of drug-likeness (QED) is 0.0846. The molecule has 65 heavy (non-hydrogen) atoms. The topological polar surface area (TPSA) is 113 Å². The number of hydrogen-bond acceptors (Lipinski definition) is 11. The largest absolute Gasteiger partial charge is 0.385 e. The lowest BCUT2D eigenvalue weighted by atomic mass is 9.95. The monoisotopic (exact) mass is 880 g/mol. The summed E-state index contributed by atoms with van der Waals surface area (Å²) in [5.41, 5.74) is 5.67. The van der Waals surface area contributed by atoms with Gasteiger partial charge < -0.3 is 52.5 Å². The molecule has 0 amide bonds. The van der Waals surface area contributed by atoms with Gasteiger partial charge in [0.15, 0.2) is 18.9 Å². The van der Waals surface area contributed by atoms with E-state index in [1.54, 1.807) is 0 Å². The number of aliphatic hydroxyl groups excluding tert-OH is 1. The van der Waals surface area contributed by atoms with Crippen LogP contribution in [0.2, 0.25) is 0 Å². The second-order valence-electron chi connectivity index (χ2n) is 16.4. The molecule has 6 aromatic rings. The molecule has 3 fully saturated rings. The van der Waals surface area contributed by atoms with Crippen molar-refractivity contribution < 1.29 is 52.5 Å². The summed E-state index contributed by atoms with van der Waals surface area (Å²) in [5, 5.41) is 12.4. The van der Waals surface area contributed by atoms with Crippen molar-refractivity contribution in [2.45, 2.75) is 101 Å². The van der Waals surface area contributed by atoms with Crippen molar-refractivity contribution in [1.29, 1.82) is 0 Å². The molecule has 9 rings (SSSR count). The third-order valence-corrected chi connectivity index (χ3v) is 11.8. The molecular formula is C54H56O11. The molecule has 2 unspecified atom stereocenters. The third-order valence-electron chi connectivity index (χ3n) is 11.8. The number of aliphatic hydroxyl groups is 1. The van der Waals surface area contributed by atoms with Gasteiger partial charge in [0.1, 0.15) is 48.8 Å². The number of benzene rings is 6. The van der Waals surface area contributed by atoms with Crippen molar-refractivity contribution in [3.8, 4) is 0 Å². The molecule has 0 aromatic heterocycles. The van der Waals surface area contributed by atoms with Crippen molar-refractivity contribution in [2.24, 2.45) is 0 Å². The molecule has 0 radical (unpaired) electrons. The van der Waals surface area contributed by atoms with E-state index < -0.39 is 67.7 Å². The van der Waals surface area contributed by atoms with E-state index >= 15 is 0 Å². The van der Waals surface area contributed by atoms with Gasteiger partial charge in [-0.05, 0) is 27.8 Å². The first kappa shape index (κ1) is 45.1. The summed E-state index contributed by atoms with van der Waals surface area (Å²) in [6.07, 6.45) is -9.82. The highest BCUT2D eigenvalue weighted by molar-refractivity contribution is 5.19. The molecule has 11 heteroatoms. The molecule has 6 aromatic carbocycles. The van der Waals surface area contributed by atoms with Gasteiger partial charge in [0.2, 0.25) is 0 Å². The SMILES string of the molecule is O[C@H]1C(OCc2ccccc2)O[C@@H]2COC(c3ccccc3)O[C@@H]2[C@@H]1O[C@H]1O[C@H](COCc2ccccc2)[C@H](OCc2ccccc2)[C@H](OCc2ccccc2)[C@H]1OCc1ccccc1. The molecule has 0 spiro atoms. The fraction of sp³-hybridized carbons (Fsp3) is 0.333. The lowest BCUT2D eigenvalue weighted by Crippen LogP contribution is -2.67. The van der Waals surface area contributed by atoms with Crippen LogP contribution in [-0.2, 0) is 80.4 Å². The van der Waals surface area contributed by atoms with Gasteiger partial charge in [-0.15, -0.1) is 0 Å². The molecule has 3 heterocycles. The second-order valence-corrected chi connectivity index (χ2v) is 16.4. The Morgan fingerprint density at radius 3 is 1.40 bits per heavy atom. The van der Waals surface area contributed by atoms with Crippen molar-refractivity contribution in [3.05, 3.63) is 215 Å². The van der Waals surface area contributed by atoms with Crippen LogP contribution < -0.4 is 0 Å². The summed E-state index contributed by atoms with van der Waals surface area (Å²) in [5.74, 6) is 0. The van der Waals surface area contributed by atoms with Crippen molar-refractivity contribution in [3.63, 3.8) is 0 Å². The molecular weight excluding hydrogens is 825 g/mol. The minimum Gasteiger partial charge on any atom is -0.385 e. The third kappa shape index (κ3) is 12.0. The minimum absolute atomic E-state index is 0.135. The first-order valence-corrected chi connectivity index (χ1v) is 22.3. The summed E-state index contributed by atoms with van der Waals surface area (Å²) in [6, 6.07) is 59.3. The molecule has 0 saturated carbocycles. The van der Waals surface area contributed by atoms with E-state index in [0.717, 1.165) is 33.4 Å². The van der Waals surface area contributed by atoms with Crippen LogP contribution in [0.25, 0.3) is 0 Å². The van der Waals surface area contributed by atoms with E-state index in [1.807, 2.05) is 182 Å². The lowest BCUT2D eigenvalue weighted by Gasteiger charge is -2.51. The molecule has 338 valence electrons. The normalized spacial score (nSPS) is 27.7. The average molecular weight is 881 g/mol. The summed E-state index contributed by atoms with van der Waals surface area (Å²) < 4.78 is 67.1. The Labute approximate surface area is 380 Å². The van der Waals surface area contributed by atoms with E-state index in [1.165, 1.54) is 0 Å².